The summed E-state index contributed by atoms with van der Waals surface area (Å²) in [7, 11) is -2.59. The van der Waals surface area contributed by atoms with Gasteiger partial charge in [0.15, 0.2) is 0 Å². The highest BCUT2D eigenvalue weighted by Crippen LogP contribution is 2.29. The molecule has 0 spiro atoms. The zero-order valence-electron chi connectivity index (χ0n) is 21.0. The summed E-state index contributed by atoms with van der Waals surface area (Å²) in [5.74, 6) is 0.652. The van der Waals surface area contributed by atoms with Gasteiger partial charge >= 0.3 is 0 Å². The zero-order chi connectivity index (χ0) is 27.4. The quantitative estimate of drug-likeness (QED) is 0.209. The van der Waals surface area contributed by atoms with Gasteiger partial charge in [0.05, 0.1) is 18.1 Å². The van der Waals surface area contributed by atoms with Crippen LogP contribution in [0.4, 0.5) is 11.4 Å². The van der Waals surface area contributed by atoms with E-state index in [4.69, 9.17) is 9.72 Å². The molecular weight excluding hydrogens is 580 g/mol. The van der Waals surface area contributed by atoms with Crippen LogP contribution in [0.5, 0.6) is 5.75 Å². The van der Waals surface area contributed by atoms with Gasteiger partial charge in [0.2, 0.25) is 5.91 Å². The first-order valence-electron chi connectivity index (χ1n) is 12.1. The number of halogens is 1. The Hall–Kier alpha value is -4.15. The van der Waals surface area contributed by atoms with Crippen LogP contribution in [0.1, 0.15) is 12.2 Å². The summed E-state index contributed by atoms with van der Waals surface area (Å²) in [6.07, 6.45) is 0.545. The number of aryl methyl sites for hydroxylation is 1. The molecule has 39 heavy (non-hydrogen) atoms. The number of anilines is 2. The molecule has 0 unspecified atom stereocenters. The number of amides is 1. The van der Waals surface area contributed by atoms with Crippen LogP contribution in [0.2, 0.25) is 0 Å². The molecule has 0 atom stereocenters. The second-order valence-electron chi connectivity index (χ2n) is 8.71. The van der Waals surface area contributed by atoms with Crippen molar-refractivity contribution >= 4 is 54.3 Å². The topological polar surface area (TPSA) is 102 Å². The lowest BCUT2D eigenvalue weighted by Crippen LogP contribution is -2.16. The predicted molar refractivity (Wildman–Crippen MR) is 156 cm³/mol. The molecule has 2 N–H and O–H groups in total. The molecule has 1 amide bonds. The number of carbonyl (C=O) groups excluding carboxylic acids is 1. The summed E-state index contributed by atoms with van der Waals surface area (Å²) >= 11 is 3.33. The Morgan fingerprint density at radius 2 is 1.62 bits per heavy atom. The van der Waals surface area contributed by atoms with Crippen molar-refractivity contribution in [2.75, 3.05) is 17.1 Å². The van der Waals surface area contributed by atoms with Gasteiger partial charge < -0.3 is 10.1 Å². The molecule has 0 saturated heterocycles. The van der Waals surface area contributed by atoms with E-state index >= 15 is 0 Å². The molecule has 0 aliphatic rings. The van der Waals surface area contributed by atoms with Crippen molar-refractivity contribution in [3.05, 3.63) is 107 Å². The van der Waals surface area contributed by atoms with Crippen molar-refractivity contribution in [1.29, 1.82) is 0 Å². The van der Waals surface area contributed by atoms with E-state index < -0.39 is 10.0 Å². The maximum Gasteiger partial charge on any atom is 0.265 e. The molecule has 0 aliphatic carbocycles. The predicted octanol–water partition coefficient (Wildman–Crippen LogP) is 6.17. The summed E-state index contributed by atoms with van der Waals surface area (Å²) in [5, 5.41) is 2.81. The Morgan fingerprint density at radius 3 is 2.36 bits per heavy atom. The molecule has 10 heteroatoms. The van der Waals surface area contributed by atoms with E-state index in [2.05, 4.69) is 30.5 Å². The Bertz CT molecular complexity index is 1740. The number of benzene rings is 4. The van der Waals surface area contributed by atoms with Crippen LogP contribution in [-0.2, 0) is 21.2 Å². The van der Waals surface area contributed by atoms with Crippen molar-refractivity contribution in [3.63, 3.8) is 0 Å². The highest BCUT2D eigenvalue weighted by Gasteiger charge is 2.21. The lowest BCUT2D eigenvalue weighted by Gasteiger charge is -2.14. The van der Waals surface area contributed by atoms with Crippen LogP contribution < -0.4 is 14.8 Å². The molecule has 0 radical (unpaired) electrons. The number of nitrogens with one attached hydrogen (secondary N) is 2. The fraction of sp³-hybridized carbons (Fsp3) is 0.103. The Morgan fingerprint density at radius 1 is 0.923 bits per heavy atom. The van der Waals surface area contributed by atoms with Crippen LogP contribution in [0.3, 0.4) is 0 Å². The zero-order valence-corrected chi connectivity index (χ0v) is 23.4. The summed E-state index contributed by atoms with van der Waals surface area (Å²) < 4.78 is 37.0. The van der Waals surface area contributed by atoms with Gasteiger partial charge in [0.1, 0.15) is 16.5 Å². The van der Waals surface area contributed by atoms with E-state index in [1.807, 2.05) is 54.6 Å². The molecular formula is C29H25BrN4O4S. The van der Waals surface area contributed by atoms with Crippen LogP contribution in [0.25, 0.3) is 16.7 Å². The fourth-order valence-electron chi connectivity index (χ4n) is 4.25. The minimum Gasteiger partial charge on any atom is -0.495 e. The van der Waals surface area contributed by atoms with Gasteiger partial charge in [-0.15, -0.1) is 0 Å². The maximum absolute atomic E-state index is 13.1. The summed E-state index contributed by atoms with van der Waals surface area (Å²) in [5.41, 5.74) is 3.51. The third-order valence-corrected chi connectivity index (χ3v) is 7.98. The molecule has 198 valence electrons. The number of hydrogen-bond acceptors (Lipinski definition) is 5. The maximum atomic E-state index is 13.1. The van der Waals surface area contributed by atoms with E-state index in [9.17, 15) is 13.2 Å². The van der Waals surface area contributed by atoms with Crippen LogP contribution in [-0.4, -0.2) is 31.0 Å². The Kier molecular flexibility index (Phi) is 7.67. The van der Waals surface area contributed by atoms with Crippen LogP contribution in [0.15, 0.2) is 106 Å². The molecule has 0 aliphatic heterocycles. The Balaban J connectivity index is 1.34. The molecule has 4 aromatic carbocycles. The first-order chi connectivity index (χ1) is 18.8. The highest BCUT2D eigenvalue weighted by molar-refractivity contribution is 9.10. The Labute approximate surface area is 234 Å². The minimum absolute atomic E-state index is 0.0865. The average molecular weight is 606 g/mol. The molecule has 0 fully saturated rings. The summed E-state index contributed by atoms with van der Waals surface area (Å²) in [6, 6.07) is 29.0. The molecule has 5 aromatic rings. The molecule has 8 nitrogen and oxygen atoms in total. The van der Waals surface area contributed by atoms with Crippen molar-refractivity contribution in [1.82, 2.24) is 9.55 Å². The van der Waals surface area contributed by atoms with Gasteiger partial charge in [-0.05, 0) is 66.7 Å². The number of fused-ring (bicyclic) bond motifs is 1. The molecule has 0 saturated carbocycles. The van der Waals surface area contributed by atoms with E-state index in [1.165, 1.54) is 19.2 Å². The number of hydrogen-bond donors (Lipinski definition) is 2. The fourth-order valence-corrected chi connectivity index (χ4v) is 5.77. The first-order valence-corrected chi connectivity index (χ1v) is 14.4. The molecule has 5 rings (SSSR count). The second kappa shape index (κ2) is 11.3. The van der Waals surface area contributed by atoms with Gasteiger partial charge in [-0.2, -0.15) is 0 Å². The van der Waals surface area contributed by atoms with Crippen molar-refractivity contribution in [2.45, 2.75) is 17.7 Å². The third-order valence-electron chi connectivity index (χ3n) is 6.05. The van der Waals surface area contributed by atoms with Gasteiger partial charge in [-0.3, -0.25) is 14.1 Å². The standard InChI is InChI=1S/C29H25BrN4O4S/c1-38-26-16-15-22(19-27(26)39(36,37)33-21-13-11-20(30)12-14-21)31-29(35)18-17-28-32-24-9-5-6-10-25(24)34(28)23-7-3-2-4-8-23/h2-16,19,33H,17-18H2,1H3,(H,31,35). The van der Waals surface area contributed by atoms with Gasteiger partial charge in [0, 0.05) is 34.4 Å². The number of methoxy groups -OCH3 is 1. The molecule has 1 heterocycles. The SMILES string of the molecule is COc1ccc(NC(=O)CCc2nc3ccccc3n2-c2ccccc2)cc1S(=O)(=O)Nc1ccc(Br)cc1. The van der Waals surface area contributed by atoms with E-state index in [1.54, 1.807) is 30.3 Å². The number of nitrogens with zero attached hydrogens (tertiary/aromatic N) is 2. The van der Waals surface area contributed by atoms with Gasteiger partial charge in [-0.25, -0.2) is 13.4 Å². The number of rotatable bonds is 9. The lowest BCUT2D eigenvalue weighted by molar-refractivity contribution is -0.116. The highest BCUT2D eigenvalue weighted by atomic mass is 79.9. The van der Waals surface area contributed by atoms with E-state index in [-0.39, 0.29) is 23.0 Å². The monoisotopic (exact) mass is 604 g/mol. The summed E-state index contributed by atoms with van der Waals surface area (Å²) in [4.78, 5) is 17.6. The van der Waals surface area contributed by atoms with Gasteiger partial charge in [-0.1, -0.05) is 46.3 Å². The minimum atomic E-state index is -3.99. The summed E-state index contributed by atoms with van der Waals surface area (Å²) in [6.45, 7) is 0. The third kappa shape index (κ3) is 5.97. The van der Waals surface area contributed by atoms with Crippen molar-refractivity contribution in [3.8, 4) is 11.4 Å². The second-order valence-corrected chi connectivity index (χ2v) is 11.3. The number of aromatic nitrogens is 2. The van der Waals surface area contributed by atoms with E-state index in [0.29, 0.717) is 17.8 Å². The number of ether oxygens (including phenoxy) is 1. The van der Waals surface area contributed by atoms with Gasteiger partial charge in [0.25, 0.3) is 10.0 Å². The van der Waals surface area contributed by atoms with Crippen LogP contribution in [0, 0.1) is 0 Å². The normalized spacial score (nSPS) is 11.3. The molecule has 1 aromatic heterocycles. The average Bonchev–Trinajstić information content (AvgIpc) is 3.32. The van der Waals surface area contributed by atoms with E-state index in [0.717, 1.165) is 27.0 Å². The number of para-hydroxylation sites is 3. The molecule has 0 bridgehead atoms. The number of sulfonamides is 1. The number of imidazole rings is 1. The number of carbonyl (C=O) groups is 1. The largest absolute Gasteiger partial charge is 0.495 e. The lowest BCUT2D eigenvalue weighted by atomic mass is 10.2. The van der Waals surface area contributed by atoms with Crippen molar-refractivity contribution in [2.24, 2.45) is 0 Å². The van der Waals surface area contributed by atoms with Crippen molar-refractivity contribution < 1.29 is 17.9 Å². The smallest absolute Gasteiger partial charge is 0.265 e. The van der Waals surface area contributed by atoms with Crippen LogP contribution >= 0.6 is 15.9 Å². The first kappa shape index (κ1) is 26.5.